The molecule has 50 heavy (non-hydrogen) atoms. The number of hydrogen-bond acceptors (Lipinski definition) is 11. The maximum Gasteiger partial charge on any atom is 0.240 e. The van der Waals surface area contributed by atoms with Crippen molar-refractivity contribution >= 4 is 54.7 Å². The highest BCUT2D eigenvalue weighted by Gasteiger charge is 2.18. The van der Waals surface area contributed by atoms with Crippen LogP contribution in [0.4, 0.5) is 23.3 Å². The van der Waals surface area contributed by atoms with Crippen molar-refractivity contribution in [2.24, 2.45) is 10.2 Å². The van der Waals surface area contributed by atoms with Crippen LogP contribution in [0.3, 0.4) is 0 Å². The second-order valence-corrected chi connectivity index (χ2v) is 14.8. The van der Waals surface area contributed by atoms with Crippen molar-refractivity contribution in [2.75, 3.05) is 30.3 Å². The molecule has 13 nitrogen and oxygen atoms in total. The summed E-state index contributed by atoms with van der Waals surface area (Å²) in [6.07, 6.45) is 0. The molecule has 5 rings (SSSR count). The minimum absolute atomic E-state index is 0.143. The monoisotopic (exact) mass is 711 g/mol. The molecule has 15 heteroatoms. The van der Waals surface area contributed by atoms with Gasteiger partial charge in [-0.3, -0.25) is 10.9 Å². The summed E-state index contributed by atoms with van der Waals surface area (Å²) in [5.74, 6) is 1.01. The number of rotatable bonds is 13. The Labute approximate surface area is 292 Å². The fourth-order valence-corrected chi connectivity index (χ4v) is 6.25. The van der Waals surface area contributed by atoms with Crippen LogP contribution in [0.2, 0.25) is 0 Å². The van der Waals surface area contributed by atoms with E-state index in [1.54, 1.807) is 38.1 Å². The number of anilines is 4. The van der Waals surface area contributed by atoms with E-state index in [1.807, 2.05) is 61.5 Å². The number of hydrazone groups is 2. The molecular formula is C35H37N9O4S2. The fourth-order valence-electron chi connectivity index (χ4n) is 4.79. The molecule has 5 aromatic rings. The van der Waals surface area contributed by atoms with Gasteiger partial charge in [-0.05, 0) is 88.0 Å². The Morgan fingerprint density at radius 3 is 1.54 bits per heavy atom. The summed E-state index contributed by atoms with van der Waals surface area (Å²) in [7, 11) is -4.44. The molecule has 0 amide bonds. The maximum absolute atomic E-state index is 12.2. The third-order valence-electron chi connectivity index (χ3n) is 7.61. The number of aromatic nitrogens is 2. The molecule has 0 aliphatic heterocycles. The Morgan fingerprint density at radius 1 is 0.620 bits per heavy atom. The lowest BCUT2D eigenvalue weighted by atomic mass is 10.0. The molecule has 5 N–H and O–H groups in total. The van der Waals surface area contributed by atoms with Gasteiger partial charge in [-0.25, -0.2) is 26.3 Å². The zero-order chi connectivity index (χ0) is 35.9. The van der Waals surface area contributed by atoms with Crippen molar-refractivity contribution in [1.82, 2.24) is 19.4 Å². The van der Waals surface area contributed by atoms with Crippen molar-refractivity contribution in [2.45, 2.75) is 30.6 Å². The van der Waals surface area contributed by atoms with E-state index in [0.717, 1.165) is 16.8 Å². The van der Waals surface area contributed by atoms with Crippen LogP contribution in [0, 0.1) is 6.92 Å². The lowest BCUT2D eigenvalue weighted by molar-refractivity contribution is 0.586. The molecule has 0 aliphatic carbocycles. The maximum atomic E-state index is 12.2. The van der Waals surface area contributed by atoms with Gasteiger partial charge in [-0.2, -0.15) is 20.2 Å². The van der Waals surface area contributed by atoms with Gasteiger partial charge < -0.3 is 5.32 Å². The van der Waals surface area contributed by atoms with Gasteiger partial charge >= 0.3 is 0 Å². The average molecular weight is 712 g/mol. The van der Waals surface area contributed by atoms with Gasteiger partial charge in [0.25, 0.3) is 0 Å². The smallest absolute Gasteiger partial charge is 0.240 e. The Bertz CT molecular complexity index is 2140. The van der Waals surface area contributed by atoms with Gasteiger partial charge in [0.2, 0.25) is 26.0 Å². The van der Waals surface area contributed by atoms with E-state index in [4.69, 9.17) is 9.97 Å². The summed E-state index contributed by atoms with van der Waals surface area (Å²) in [4.78, 5) is 9.89. The highest BCUT2D eigenvalue weighted by Crippen LogP contribution is 2.35. The molecule has 0 unspecified atom stereocenters. The lowest BCUT2D eigenvalue weighted by Crippen LogP contribution is -2.18. The van der Waals surface area contributed by atoms with Crippen LogP contribution in [0.15, 0.2) is 123 Å². The standard InChI is InChI=1S/C35H37N9O4S2/c1-23-10-9-11-28(22-23)32-33(43-41-24(2)26-14-18-30(19-15-26)49(45,46)36-4)39-35(38-29-12-7-6-8-13-29)40-34(32)44-42-25(3)27-16-20-31(21-17-27)50(47,48)37-5/h6-22,36-37H,1-5H3,(H3,38,39,40,43,44). The van der Waals surface area contributed by atoms with Crippen LogP contribution in [-0.4, -0.2) is 52.3 Å². The van der Waals surface area contributed by atoms with Crippen molar-refractivity contribution in [1.29, 1.82) is 0 Å². The number of benzene rings is 4. The van der Waals surface area contributed by atoms with Crippen LogP contribution in [0.25, 0.3) is 11.1 Å². The number of hydrogen-bond donors (Lipinski definition) is 5. The van der Waals surface area contributed by atoms with E-state index < -0.39 is 20.0 Å². The van der Waals surface area contributed by atoms with E-state index >= 15 is 0 Å². The number of para-hydroxylation sites is 1. The van der Waals surface area contributed by atoms with E-state index in [0.29, 0.717) is 39.7 Å². The number of sulfonamides is 2. The Morgan fingerprint density at radius 2 is 1.10 bits per heavy atom. The minimum Gasteiger partial charge on any atom is -0.324 e. The van der Waals surface area contributed by atoms with Gasteiger partial charge in [0.1, 0.15) is 0 Å². The Hall–Kier alpha value is -5.48. The van der Waals surface area contributed by atoms with Gasteiger partial charge in [0, 0.05) is 5.69 Å². The van der Waals surface area contributed by atoms with Crippen LogP contribution < -0.4 is 25.6 Å². The van der Waals surface area contributed by atoms with Gasteiger partial charge in [-0.1, -0.05) is 72.3 Å². The molecule has 0 bridgehead atoms. The topological polar surface area (TPSA) is 179 Å². The Balaban J connectivity index is 1.58. The highest BCUT2D eigenvalue weighted by molar-refractivity contribution is 7.89. The van der Waals surface area contributed by atoms with Crippen LogP contribution in [-0.2, 0) is 20.0 Å². The predicted octanol–water partition coefficient (Wildman–Crippen LogP) is 5.68. The molecule has 1 aromatic heterocycles. The molecule has 1 heterocycles. The van der Waals surface area contributed by atoms with E-state index in [-0.39, 0.29) is 15.7 Å². The zero-order valence-corrected chi connectivity index (χ0v) is 29.7. The van der Waals surface area contributed by atoms with Crippen molar-refractivity contribution in [3.05, 3.63) is 120 Å². The van der Waals surface area contributed by atoms with Crippen molar-refractivity contribution in [3.63, 3.8) is 0 Å². The first-order chi connectivity index (χ1) is 23.9. The van der Waals surface area contributed by atoms with E-state index in [1.165, 1.54) is 38.4 Å². The van der Waals surface area contributed by atoms with Crippen LogP contribution >= 0.6 is 0 Å². The Kier molecular flexibility index (Phi) is 11.0. The quantitative estimate of drug-likeness (QED) is 0.0759. The van der Waals surface area contributed by atoms with Crippen molar-refractivity contribution in [3.8, 4) is 11.1 Å². The summed E-state index contributed by atoms with van der Waals surface area (Å²) in [6, 6.07) is 30.1. The first-order valence-corrected chi connectivity index (χ1v) is 18.4. The van der Waals surface area contributed by atoms with Crippen LogP contribution in [0.5, 0.6) is 0 Å². The summed E-state index contributed by atoms with van der Waals surface area (Å²) >= 11 is 0. The molecule has 0 radical (unpaired) electrons. The molecular weight excluding hydrogens is 675 g/mol. The molecule has 0 saturated carbocycles. The fraction of sp³-hybridized carbons (Fsp3) is 0.143. The predicted molar refractivity (Wildman–Crippen MR) is 199 cm³/mol. The third-order valence-corrected chi connectivity index (χ3v) is 10.5. The number of nitrogens with one attached hydrogen (secondary N) is 5. The van der Waals surface area contributed by atoms with Crippen LogP contribution in [0.1, 0.15) is 30.5 Å². The molecule has 0 spiro atoms. The summed E-state index contributed by atoms with van der Waals surface area (Å²) in [6.45, 7) is 5.58. The van der Waals surface area contributed by atoms with Crippen molar-refractivity contribution < 1.29 is 16.8 Å². The molecule has 0 saturated heterocycles. The molecule has 4 aromatic carbocycles. The molecule has 0 atom stereocenters. The van der Waals surface area contributed by atoms with Gasteiger partial charge in [0.05, 0.1) is 26.8 Å². The summed E-state index contributed by atoms with van der Waals surface area (Å²) in [5.41, 5.74) is 12.0. The third kappa shape index (κ3) is 8.56. The summed E-state index contributed by atoms with van der Waals surface area (Å²) < 4.78 is 53.5. The van der Waals surface area contributed by atoms with E-state index in [2.05, 4.69) is 35.8 Å². The first kappa shape index (κ1) is 35.8. The average Bonchev–Trinajstić information content (AvgIpc) is 3.13. The largest absolute Gasteiger partial charge is 0.324 e. The number of aryl methyl sites for hydroxylation is 1. The number of nitrogens with zero attached hydrogens (tertiary/aromatic N) is 4. The lowest BCUT2D eigenvalue weighted by Gasteiger charge is -2.16. The zero-order valence-electron chi connectivity index (χ0n) is 28.1. The SMILES string of the molecule is CNS(=O)(=O)c1ccc(C(C)=NNc2nc(Nc3ccccc3)nc(NN=C(C)c3ccc(S(=O)(=O)NC)cc3)c2-c2cccc(C)c2)cc1. The summed E-state index contributed by atoms with van der Waals surface area (Å²) in [5, 5.41) is 12.5. The second-order valence-electron chi connectivity index (χ2n) is 11.1. The molecule has 0 fully saturated rings. The van der Waals surface area contributed by atoms with Gasteiger partial charge in [0.15, 0.2) is 11.6 Å². The highest BCUT2D eigenvalue weighted by atomic mass is 32.2. The second kappa shape index (κ2) is 15.4. The van der Waals surface area contributed by atoms with Gasteiger partial charge in [-0.15, -0.1) is 0 Å². The molecule has 258 valence electrons. The normalized spacial score (nSPS) is 12.4. The van der Waals surface area contributed by atoms with E-state index in [9.17, 15) is 16.8 Å². The molecule has 0 aliphatic rings. The first-order valence-electron chi connectivity index (χ1n) is 15.4. The minimum atomic E-state index is -3.58.